The molecular weight excluding hydrogens is 346 g/mol. The number of nitrogens with one attached hydrogen (secondary N) is 1. The van der Waals surface area contributed by atoms with E-state index in [4.69, 9.17) is 4.42 Å². The molecule has 0 aliphatic carbocycles. The molecule has 3 aromatic carbocycles. The average molecular weight is 368 g/mol. The van der Waals surface area contributed by atoms with Crippen LogP contribution in [0.3, 0.4) is 0 Å². The third-order valence-electron chi connectivity index (χ3n) is 5.68. The highest BCUT2D eigenvalue weighted by Gasteiger charge is 2.19. The zero-order valence-electron chi connectivity index (χ0n) is 15.7. The standard InChI is InChI=1S/C25H21NO2/c27-24-16-21(25-22-9-5-4-8-20(22)10-11-23(25)28-24)17-26-14-12-19(13-15-26)18-6-2-1-3-7-18/h1-12,16H,13-15,17H2/p+1. The van der Waals surface area contributed by atoms with Crippen molar-refractivity contribution in [3.8, 4) is 0 Å². The van der Waals surface area contributed by atoms with E-state index in [1.165, 1.54) is 21.4 Å². The van der Waals surface area contributed by atoms with E-state index in [1.54, 1.807) is 6.07 Å². The first kappa shape index (κ1) is 17.0. The summed E-state index contributed by atoms with van der Waals surface area (Å²) in [6.07, 6.45) is 3.40. The Balaban J connectivity index is 1.50. The summed E-state index contributed by atoms with van der Waals surface area (Å²) in [6.45, 7) is 2.86. The predicted molar refractivity (Wildman–Crippen MR) is 113 cm³/mol. The number of hydrogen-bond acceptors (Lipinski definition) is 2. The molecule has 0 fully saturated rings. The third kappa shape index (κ3) is 3.14. The predicted octanol–water partition coefficient (Wildman–Crippen LogP) is 3.82. The minimum Gasteiger partial charge on any atom is -0.423 e. The molecule has 3 nitrogen and oxygen atoms in total. The van der Waals surface area contributed by atoms with Crippen LogP contribution in [0, 0.1) is 0 Å². The van der Waals surface area contributed by atoms with E-state index < -0.39 is 0 Å². The molecule has 0 radical (unpaired) electrons. The Morgan fingerprint density at radius 1 is 0.929 bits per heavy atom. The van der Waals surface area contributed by atoms with Gasteiger partial charge in [0.1, 0.15) is 12.1 Å². The maximum atomic E-state index is 12.1. The Morgan fingerprint density at radius 3 is 2.57 bits per heavy atom. The lowest BCUT2D eigenvalue weighted by molar-refractivity contribution is -0.908. The molecule has 1 unspecified atom stereocenters. The molecule has 0 saturated carbocycles. The summed E-state index contributed by atoms with van der Waals surface area (Å²) in [6, 6.07) is 24.5. The van der Waals surface area contributed by atoms with E-state index in [2.05, 4.69) is 48.5 Å². The first-order valence-electron chi connectivity index (χ1n) is 9.80. The third-order valence-corrected chi connectivity index (χ3v) is 5.68. The van der Waals surface area contributed by atoms with Crippen LogP contribution >= 0.6 is 0 Å². The fraction of sp³-hybridized carbons (Fsp3) is 0.160. The second kappa shape index (κ2) is 7.10. The summed E-state index contributed by atoms with van der Waals surface area (Å²) >= 11 is 0. The van der Waals surface area contributed by atoms with Crippen LogP contribution in [0.4, 0.5) is 0 Å². The van der Waals surface area contributed by atoms with Gasteiger partial charge < -0.3 is 9.32 Å². The van der Waals surface area contributed by atoms with Gasteiger partial charge >= 0.3 is 5.63 Å². The van der Waals surface area contributed by atoms with E-state index in [0.717, 1.165) is 42.4 Å². The van der Waals surface area contributed by atoms with Crippen LogP contribution in [-0.4, -0.2) is 13.1 Å². The first-order chi connectivity index (χ1) is 13.8. The molecule has 1 N–H and O–H groups in total. The molecule has 0 amide bonds. The normalized spacial score (nSPS) is 17.0. The second-order valence-electron chi connectivity index (χ2n) is 7.48. The van der Waals surface area contributed by atoms with E-state index in [1.807, 2.05) is 24.3 Å². The van der Waals surface area contributed by atoms with Crippen LogP contribution in [0.1, 0.15) is 17.5 Å². The van der Waals surface area contributed by atoms with Crippen molar-refractivity contribution >= 4 is 27.3 Å². The van der Waals surface area contributed by atoms with Crippen LogP contribution < -0.4 is 10.5 Å². The van der Waals surface area contributed by atoms with Gasteiger partial charge in [0.2, 0.25) is 0 Å². The molecule has 5 rings (SSSR count). The van der Waals surface area contributed by atoms with Crippen molar-refractivity contribution in [1.29, 1.82) is 0 Å². The lowest BCUT2D eigenvalue weighted by Crippen LogP contribution is -3.11. The fourth-order valence-electron chi connectivity index (χ4n) is 4.29. The van der Waals surface area contributed by atoms with Crippen molar-refractivity contribution in [2.45, 2.75) is 13.0 Å². The molecule has 3 heteroatoms. The van der Waals surface area contributed by atoms with E-state index in [-0.39, 0.29) is 5.63 Å². The monoisotopic (exact) mass is 368 g/mol. The van der Waals surface area contributed by atoms with Gasteiger partial charge in [-0.2, -0.15) is 0 Å². The van der Waals surface area contributed by atoms with Gasteiger partial charge in [-0.1, -0.05) is 60.7 Å². The first-order valence-corrected chi connectivity index (χ1v) is 9.80. The van der Waals surface area contributed by atoms with Crippen LogP contribution in [0.5, 0.6) is 0 Å². The molecule has 1 aromatic heterocycles. The number of hydrogen-bond donors (Lipinski definition) is 1. The summed E-state index contributed by atoms with van der Waals surface area (Å²) in [5.41, 5.74) is 4.23. The molecule has 2 heterocycles. The van der Waals surface area contributed by atoms with Gasteiger partial charge in [0.15, 0.2) is 0 Å². The highest BCUT2D eigenvalue weighted by Crippen LogP contribution is 2.27. The number of benzene rings is 3. The lowest BCUT2D eigenvalue weighted by atomic mass is 9.98. The smallest absolute Gasteiger partial charge is 0.336 e. The molecule has 1 aliphatic rings. The summed E-state index contributed by atoms with van der Waals surface area (Å²) in [5, 5.41) is 3.39. The highest BCUT2D eigenvalue weighted by molar-refractivity contribution is 6.06. The Labute approximate surface area is 163 Å². The van der Waals surface area contributed by atoms with Crippen molar-refractivity contribution in [2.24, 2.45) is 0 Å². The van der Waals surface area contributed by atoms with Crippen molar-refractivity contribution in [3.63, 3.8) is 0 Å². The zero-order chi connectivity index (χ0) is 18.9. The summed E-state index contributed by atoms with van der Waals surface area (Å²) < 4.78 is 5.50. The summed E-state index contributed by atoms with van der Waals surface area (Å²) in [5.74, 6) is 0. The van der Waals surface area contributed by atoms with Gasteiger partial charge in [-0.15, -0.1) is 0 Å². The molecule has 28 heavy (non-hydrogen) atoms. The van der Waals surface area contributed by atoms with Gasteiger partial charge in [-0.25, -0.2) is 4.79 Å². The topological polar surface area (TPSA) is 34.7 Å². The average Bonchev–Trinajstić information content (AvgIpc) is 2.74. The summed E-state index contributed by atoms with van der Waals surface area (Å²) in [7, 11) is 0. The number of rotatable bonds is 3. The van der Waals surface area contributed by atoms with Gasteiger partial charge in [-0.05, 0) is 34.1 Å². The Morgan fingerprint density at radius 2 is 1.75 bits per heavy atom. The van der Waals surface area contributed by atoms with Crippen molar-refractivity contribution in [1.82, 2.24) is 0 Å². The maximum absolute atomic E-state index is 12.1. The molecule has 0 saturated heterocycles. The quantitative estimate of drug-likeness (QED) is 0.441. The molecule has 1 aliphatic heterocycles. The largest absolute Gasteiger partial charge is 0.423 e. The van der Waals surface area contributed by atoms with Gasteiger partial charge in [-0.3, -0.25) is 0 Å². The minimum absolute atomic E-state index is 0.269. The van der Waals surface area contributed by atoms with E-state index in [0.29, 0.717) is 5.58 Å². The lowest BCUT2D eigenvalue weighted by Gasteiger charge is -2.24. The molecular formula is C25H22NO2+. The molecule has 138 valence electrons. The van der Waals surface area contributed by atoms with Crippen LogP contribution in [0.25, 0.3) is 27.3 Å². The number of fused-ring (bicyclic) bond motifs is 3. The van der Waals surface area contributed by atoms with E-state index in [9.17, 15) is 4.79 Å². The Hall–Kier alpha value is -3.17. The summed E-state index contributed by atoms with van der Waals surface area (Å²) in [4.78, 5) is 13.6. The van der Waals surface area contributed by atoms with Crippen molar-refractivity contribution in [3.05, 3.63) is 100 Å². The molecule has 0 spiro atoms. The number of quaternary nitrogens is 1. The molecule has 4 aromatic rings. The SMILES string of the molecule is O=c1cc(C[NH+]2CC=C(c3ccccc3)CC2)c2c(ccc3ccccc32)o1. The maximum Gasteiger partial charge on any atom is 0.336 e. The zero-order valence-corrected chi connectivity index (χ0v) is 15.7. The van der Waals surface area contributed by atoms with Crippen molar-refractivity contribution in [2.75, 3.05) is 13.1 Å². The highest BCUT2D eigenvalue weighted by atomic mass is 16.4. The van der Waals surface area contributed by atoms with E-state index >= 15 is 0 Å². The Kier molecular flexibility index (Phi) is 4.30. The van der Waals surface area contributed by atoms with Crippen molar-refractivity contribution < 1.29 is 9.32 Å². The fourth-order valence-corrected chi connectivity index (χ4v) is 4.29. The Bertz CT molecular complexity index is 1240. The minimum atomic E-state index is -0.269. The van der Waals surface area contributed by atoms with Crippen LogP contribution in [0.2, 0.25) is 0 Å². The molecule has 1 atom stereocenters. The second-order valence-corrected chi connectivity index (χ2v) is 7.48. The van der Waals surface area contributed by atoms with Crippen LogP contribution in [-0.2, 0) is 6.54 Å². The van der Waals surface area contributed by atoms with Gasteiger partial charge in [0, 0.05) is 23.4 Å². The van der Waals surface area contributed by atoms with Crippen LogP contribution in [0.15, 0.2) is 88.1 Å². The van der Waals surface area contributed by atoms with Gasteiger partial charge in [0.05, 0.1) is 13.1 Å². The molecule has 0 bridgehead atoms. The van der Waals surface area contributed by atoms with Gasteiger partial charge in [0.25, 0.3) is 0 Å².